The van der Waals surface area contributed by atoms with Gasteiger partial charge in [-0.25, -0.2) is 8.42 Å². The summed E-state index contributed by atoms with van der Waals surface area (Å²) < 4.78 is 27.5. The Morgan fingerprint density at radius 2 is 1.64 bits per heavy atom. The Morgan fingerprint density at radius 3 is 2.32 bits per heavy atom. The highest BCUT2D eigenvalue weighted by Crippen LogP contribution is 2.25. The molecule has 22 heavy (non-hydrogen) atoms. The van der Waals surface area contributed by atoms with E-state index in [0.29, 0.717) is 11.3 Å². The van der Waals surface area contributed by atoms with Gasteiger partial charge >= 0.3 is 0 Å². The molecule has 0 saturated carbocycles. The second-order valence-corrected chi connectivity index (χ2v) is 7.11. The van der Waals surface area contributed by atoms with Crippen LogP contribution in [-0.4, -0.2) is 8.42 Å². The Balaban J connectivity index is 1.87. The summed E-state index contributed by atoms with van der Waals surface area (Å²) in [5.74, 6) is 0. The van der Waals surface area contributed by atoms with Crippen molar-refractivity contribution in [2.24, 2.45) is 0 Å². The van der Waals surface area contributed by atoms with E-state index in [-0.39, 0.29) is 4.90 Å². The zero-order chi connectivity index (χ0) is 15.6. The van der Waals surface area contributed by atoms with Gasteiger partial charge in [-0.2, -0.15) is 5.26 Å². The predicted octanol–water partition coefficient (Wildman–Crippen LogP) is 3.24. The number of aryl methyl sites for hydroxylation is 2. The summed E-state index contributed by atoms with van der Waals surface area (Å²) in [5.41, 5.74) is 3.34. The van der Waals surface area contributed by atoms with E-state index in [1.54, 1.807) is 36.4 Å². The second kappa shape index (κ2) is 5.82. The number of anilines is 1. The lowest BCUT2D eigenvalue weighted by Gasteiger charge is -2.17. The summed E-state index contributed by atoms with van der Waals surface area (Å²) in [4.78, 5) is 0.289. The Labute approximate surface area is 130 Å². The van der Waals surface area contributed by atoms with Crippen molar-refractivity contribution in [1.29, 1.82) is 5.26 Å². The third-order valence-corrected chi connectivity index (χ3v) is 5.28. The van der Waals surface area contributed by atoms with Crippen LogP contribution in [0.2, 0.25) is 0 Å². The van der Waals surface area contributed by atoms with Crippen LogP contribution in [0.15, 0.2) is 47.4 Å². The molecule has 0 spiro atoms. The predicted molar refractivity (Wildman–Crippen MR) is 85.0 cm³/mol. The standard InChI is InChI=1S/C17H16N2O2S/c18-12-13-5-8-16(9-6-13)19-22(20,21)17-10-7-14-3-1-2-4-15(14)11-17/h5-11,19H,1-4H2. The number of rotatable bonds is 3. The maximum atomic E-state index is 12.5. The molecule has 0 atom stereocenters. The maximum absolute atomic E-state index is 12.5. The molecule has 0 amide bonds. The number of hydrogen-bond acceptors (Lipinski definition) is 3. The monoisotopic (exact) mass is 312 g/mol. The van der Waals surface area contributed by atoms with Crippen molar-refractivity contribution >= 4 is 15.7 Å². The van der Waals surface area contributed by atoms with E-state index in [1.807, 2.05) is 12.1 Å². The van der Waals surface area contributed by atoms with Crippen molar-refractivity contribution in [3.8, 4) is 6.07 Å². The van der Waals surface area contributed by atoms with Gasteiger partial charge in [0.05, 0.1) is 16.5 Å². The van der Waals surface area contributed by atoms with Gasteiger partial charge in [0.25, 0.3) is 10.0 Å². The van der Waals surface area contributed by atoms with E-state index < -0.39 is 10.0 Å². The fraction of sp³-hybridized carbons (Fsp3) is 0.235. The van der Waals surface area contributed by atoms with Crippen molar-refractivity contribution in [3.63, 3.8) is 0 Å². The van der Waals surface area contributed by atoms with E-state index in [9.17, 15) is 8.42 Å². The number of fused-ring (bicyclic) bond motifs is 1. The number of nitrogens with zero attached hydrogens (tertiary/aromatic N) is 1. The average Bonchev–Trinajstić information content (AvgIpc) is 2.55. The number of hydrogen-bond donors (Lipinski definition) is 1. The Morgan fingerprint density at radius 1 is 0.955 bits per heavy atom. The SMILES string of the molecule is N#Cc1ccc(NS(=O)(=O)c2ccc3c(c2)CCCC3)cc1. The molecule has 0 aliphatic heterocycles. The smallest absolute Gasteiger partial charge is 0.261 e. The molecule has 2 aromatic rings. The number of nitriles is 1. The maximum Gasteiger partial charge on any atom is 0.261 e. The van der Waals surface area contributed by atoms with Crippen LogP contribution in [0.25, 0.3) is 0 Å². The third kappa shape index (κ3) is 2.97. The lowest BCUT2D eigenvalue weighted by Crippen LogP contribution is -2.14. The molecule has 3 rings (SSSR count). The lowest BCUT2D eigenvalue weighted by molar-refractivity contribution is 0.600. The minimum atomic E-state index is -3.60. The second-order valence-electron chi connectivity index (χ2n) is 5.43. The molecule has 0 aromatic heterocycles. The van der Waals surface area contributed by atoms with Gasteiger partial charge in [0.1, 0.15) is 0 Å². The van der Waals surface area contributed by atoms with Gasteiger partial charge in [0.15, 0.2) is 0 Å². The summed E-state index contributed by atoms with van der Waals surface area (Å²) in [6.45, 7) is 0. The van der Waals surface area contributed by atoms with Gasteiger partial charge in [-0.05, 0) is 73.2 Å². The van der Waals surface area contributed by atoms with Crippen molar-refractivity contribution in [1.82, 2.24) is 0 Å². The van der Waals surface area contributed by atoms with Crippen LogP contribution in [0.3, 0.4) is 0 Å². The van der Waals surface area contributed by atoms with Crippen molar-refractivity contribution in [2.45, 2.75) is 30.6 Å². The molecule has 2 aromatic carbocycles. The van der Waals surface area contributed by atoms with Crippen LogP contribution in [-0.2, 0) is 22.9 Å². The van der Waals surface area contributed by atoms with Gasteiger partial charge in [0, 0.05) is 5.69 Å². The fourth-order valence-corrected chi connectivity index (χ4v) is 3.81. The van der Waals surface area contributed by atoms with Gasteiger partial charge in [0.2, 0.25) is 0 Å². The topological polar surface area (TPSA) is 70.0 Å². The van der Waals surface area contributed by atoms with E-state index in [4.69, 9.17) is 5.26 Å². The molecule has 0 heterocycles. The molecule has 1 aliphatic rings. The Bertz CT molecular complexity index is 834. The van der Waals surface area contributed by atoms with Gasteiger partial charge < -0.3 is 0 Å². The largest absolute Gasteiger partial charge is 0.280 e. The van der Waals surface area contributed by atoms with Crippen LogP contribution in [0.4, 0.5) is 5.69 Å². The lowest BCUT2D eigenvalue weighted by atomic mass is 9.92. The van der Waals surface area contributed by atoms with Crippen LogP contribution < -0.4 is 4.72 Å². The first-order chi connectivity index (χ1) is 10.6. The number of nitrogens with one attached hydrogen (secondary N) is 1. The normalized spacial score (nSPS) is 14.0. The molecule has 5 heteroatoms. The van der Waals surface area contributed by atoms with Gasteiger partial charge in [-0.3, -0.25) is 4.72 Å². The first-order valence-electron chi connectivity index (χ1n) is 7.23. The molecular weight excluding hydrogens is 296 g/mol. The summed E-state index contributed by atoms with van der Waals surface area (Å²) in [7, 11) is -3.60. The van der Waals surface area contributed by atoms with Crippen molar-refractivity contribution in [2.75, 3.05) is 4.72 Å². The summed E-state index contributed by atoms with van der Waals surface area (Å²) in [6, 6.07) is 13.7. The minimum Gasteiger partial charge on any atom is -0.280 e. The summed E-state index contributed by atoms with van der Waals surface area (Å²) in [5, 5.41) is 8.76. The molecule has 0 bridgehead atoms. The zero-order valence-electron chi connectivity index (χ0n) is 12.0. The molecule has 4 nitrogen and oxygen atoms in total. The highest BCUT2D eigenvalue weighted by Gasteiger charge is 2.17. The first kappa shape index (κ1) is 14.6. The number of benzene rings is 2. The quantitative estimate of drug-likeness (QED) is 0.946. The fourth-order valence-electron chi connectivity index (χ4n) is 2.70. The van der Waals surface area contributed by atoms with E-state index in [1.165, 1.54) is 12.0 Å². The first-order valence-corrected chi connectivity index (χ1v) is 8.71. The summed E-state index contributed by atoms with van der Waals surface area (Å²) >= 11 is 0. The molecule has 112 valence electrons. The van der Waals surface area contributed by atoms with E-state index >= 15 is 0 Å². The van der Waals surface area contributed by atoms with Crippen molar-refractivity contribution < 1.29 is 8.42 Å². The van der Waals surface area contributed by atoms with Crippen LogP contribution in [0, 0.1) is 11.3 Å². The van der Waals surface area contributed by atoms with E-state index in [2.05, 4.69) is 4.72 Å². The van der Waals surface area contributed by atoms with Gasteiger partial charge in [-0.1, -0.05) is 6.07 Å². The Kier molecular flexibility index (Phi) is 3.86. The van der Waals surface area contributed by atoms with Crippen LogP contribution in [0.1, 0.15) is 29.5 Å². The van der Waals surface area contributed by atoms with Gasteiger partial charge in [-0.15, -0.1) is 0 Å². The van der Waals surface area contributed by atoms with Crippen LogP contribution in [0.5, 0.6) is 0 Å². The molecule has 0 fully saturated rings. The zero-order valence-corrected chi connectivity index (χ0v) is 12.9. The highest BCUT2D eigenvalue weighted by atomic mass is 32.2. The average molecular weight is 312 g/mol. The molecule has 1 aliphatic carbocycles. The molecule has 1 N–H and O–H groups in total. The molecule has 0 radical (unpaired) electrons. The highest BCUT2D eigenvalue weighted by molar-refractivity contribution is 7.92. The third-order valence-electron chi connectivity index (χ3n) is 3.90. The minimum absolute atomic E-state index is 0.289. The molecular formula is C17H16N2O2S. The Hall–Kier alpha value is -2.32. The molecule has 0 unspecified atom stereocenters. The molecule has 0 saturated heterocycles. The van der Waals surface area contributed by atoms with Crippen molar-refractivity contribution in [3.05, 3.63) is 59.2 Å². The van der Waals surface area contributed by atoms with Crippen LogP contribution >= 0.6 is 0 Å². The number of sulfonamides is 1. The summed E-state index contributed by atoms with van der Waals surface area (Å²) in [6.07, 6.45) is 4.25. The van der Waals surface area contributed by atoms with E-state index in [0.717, 1.165) is 24.8 Å².